The second kappa shape index (κ2) is 4.11. The van der Waals surface area contributed by atoms with E-state index in [0.29, 0.717) is 5.76 Å². The Morgan fingerprint density at radius 1 is 1.29 bits per heavy atom. The second-order valence-electron chi connectivity index (χ2n) is 3.79. The lowest BCUT2D eigenvalue weighted by atomic mass is 10.3. The van der Waals surface area contributed by atoms with Crippen molar-refractivity contribution < 1.29 is 8.81 Å². The molecule has 2 heterocycles. The third-order valence-electron chi connectivity index (χ3n) is 2.60. The summed E-state index contributed by atoms with van der Waals surface area (Å²) in [5.74, 6) is 0.715. The number of furan rings is 1. The van der Waals surface area contributed by atoms with Crippen LogP contribution in [0, 0.1) is 6.01 Å². The third-order valence-corrected chi connectivity index (χ3v) is 2.60. The molecule has 0 atom stereocenters. The Hall–Kier alpha value is -0.870. The van der Waals surface area contributed by atoms with E-state index in [1.807, 2.05) is 0 Å². The number of nitrogens with zero attached hydrogens (tertiary/aromatic N) is 2. The van der Waals surface area contributed by atoms with Crippen LogP contribution in [0.3, 0.4) is 0 Å². The zero-order valence-corrected chi connectivity index (χ0v) is 8.37. The lowest BCUT2D eigenvalue weighted by molar-refractivity contribution is 0.137. The Morgan fingerprint density at radius 2 is 2.00 bits per heavy atom. The highest BCUT2D eigenvalue weighted by Crippen LogP contribution is 2.10. The van der Waals surface area contributed by atoms with E-state index in [2.05, 4.69) is 16.8 Å². The molecule has 1 aromatic rings. The van der Waals surface area contributed by atoms with Crippen molar-refractivity contribution in [3.05, 3.63) is 23.9 Å². The molecule has 1 fully saturated rings. The maximum Gasteiger partial charge on any atom is 0.277 e. The zero-order chi connectivity index (χ0) is 9.97. The van der Waals surface area contributed by atoms with Crippen molar-refractivity contribution in [1.29, 1.82) is 0 Å². The molecule has 1 aromatic heterocycles. The van der Waals surface area contributed by atoms with Crippen LogP contribution in [0.2, 0.25) is 0 Å². The molecule has 3 nitrogen and oxygen atoms in total. The molecule has 78 valence electrons. The minimum Gasteiger partial charge on any atom is -0.435 e. The van der Waals surface area contributed by atoms with Gasteiger partial charge in [-0.25, -0.2) is 0 Å². The van der Waals surface area contributed by atoms with Gasteiger partial charge in [-0.2, -0.15) is 4.39 Å². The van der Waals surface area contributed by atoms with Crippen LogP contribution in [-0.4, -0.2) is 43.0 Å². The number of piperazine rings is 1. The van der Waals surface area contributed by atoms with Gasteiger partial charge in [-0.15, -0.1) is 0 Å². The fraction of sp³-hybridized carbons (Fsp3) is 0.600. The highest BCUT2D eigenvalue weighted by molar-refractivity contribution is 4.99. The van der Waals surface area contributed by atoms with Crippen molar-refractivity contribution in [3.63, 3.8) is 0 Å². The number of hydrogen-bond acceptors (Lipinski definition) is 3. The van der Waals surface area contributed by atoms with Gasteiger partial charge >= 0.3 is 0 Å². The quantitative estimate of drug-likeness (QED) is 0.711. The Kier molecular flexibility index (Phi) is 2.84. The highest BCUT2D eigenvalue weighted by Gasteiger charge is 2.15. The number of halogens is 1. The normalized spacial score (nSPS) is 20.1. The van der Waals surface area contributed by atoms with E-state index in [1.165, 1.54) is 6.07 Å². The molecule has 0 unspecified atom stereocenters. The molecular formula is C10H15FN2O. The lowest BCUT2D eigenvalue weighted by Crippen LogP contribution is -2.43. The van der Waals surface area contributed by atoms with Crippen LogP contribution < -0.4 is 0 Å². The van der Waals surface area contributed by atoms with Gasteiger partial charge in [-0.05, 0) is 13.1 Å². The Balaban J connectivity index is 1.86. The first-order chi connectivity index (χ1) is 6.74. The first kappa shape index (κ1) is 9.68. The zero-order valence-electron chi connectivity index (χ0n) is 8.37. The minimum atomic E-state index is -0.492. The molecule has 0 saturated carbocycles. The second-order valence-corrected chi connectivity index (χ2v) is 3.79. The molecule has 0 radical (unpaired) electrons. The van der Waals surface area contributed by atoms with Crippen LogP contribution in [0.25, 0.3) is 0 Å². The average molecular weight is 198 g/mol. The van der Waals surface area contributed by atoms with Crippen molar-refractivity contribution in [2.75, 3.05) is 33.2 Å². The lowest BCUT2D eigenvalue weighted by Gasteiger charge is -2.31. The van der Waals surface area contributed by atoms with Crippen molar-refractivity contribution in [2.45, 2.75) is 6.54 Å². The average Bonchev–Trinajstić information content (AvgIpc) is 2.56. The standard InChI is InChI=1S/C10H15FN2O/c1-12-4-6-13(7-5-12)8-9-2-3-10(11)14-9/h2-3H,4-8H2,1H3. The van der Waals surface area contributed by atoms with Crippen LogP contribution in [0.15, 0.2) is 16.5 Å². The summed E-state index contributed by atoms with van der Waals surface area (Å²) in [5, 5.41) is 0. The molecule has 0 N–H and O–H groups in total. The molecule has 0 bridgehead atoms. The van der Waals surface area contributed by atoms with Gasteiger partial charge in [0.1, 0.15) is 5.76 Å². The fourth-order valence-electron chi connectivity index (χ4n) is 1.66. The summed E-state index contributed by atoms with van der Waals surface area (Å²) < 4.78 is 17.4. The molecule has 14 heavy (non-hydrogen) atoms. The predicted molar refractivity (Wildman–Crippen MR) is 51.4 cm³/mol. The summed E-state index contributed by atoms with van der Waals surface area (Å²) in [4.78, 5) is 4.57. The molecule has 0 amide bonds. The topological polar surface area (TPSA) is 19.6 Å². The monoisotopic (exact) mass is 198 g/mol. The van der Waals surface area contributed by atoms with Crippen LogP contribution in [0.5, 0.6) is 0 Å². The van der Waals surface area contributed by atoms with Crippen molar-refractivity contribution in [3.8, 4) is 0 Å². The van der Waals surface area contributed by atoms with Crippen LogP contribution >= 0.6 is 0 Å². The number of rotatable bonds is 2. The van der Waals surface area contributed by atoms with Gasteiger partial charge in [0.2, 0.25) is 0 Å². The summed E-state index contributed by atoms with van der Waals surface area (Å²) in [6.45, 7) is 4.92. The minimum absolute atomic E-state index is 0.492. The smallest absolute Gasteiger partial charge is 0.277 e. The van der Waals surface area contributed by atoms with Crippen molar-refractivity contribution in [2.24, 2.45) is 0 Å². The summed E-state index contributed by atoms with van der Waals surface area (Å²) >= 11 is 0. The van der Waals surface area contributed by atoms with E-state index < -0.39 is 6.01 Å². The fourth-order valence-corrected chi connectivity index (χ4v) is 1.66. The largest absolute Gasteiger partial charge is 0.435 e. The number of likely N-dealkylation sites (N-methyl/N-ethyl adjacent to an activating group) is 1. The molecule has 1 saturated heterocycles. The maximum absolute atomic E-state index is 12.6. The molecule has 0 aromatic carbocycles. The van der Waals surface area contributed by atoms with Gasteiger partial charge in [-0.1, -0.05) is 0 Å². The van der Waals surface area contributed by atoms with Gasteiger partial charge in [0.25, 0.3) is 6.01 Å². The summed E-state index contributed by atoms with van der Waals surface area (Å²) in [7, 11) is 2.11. The predicted octanol–water partition coefficient (Wildman–Crippen LogP) is 1.17. The molecule has 1 aliphatic heterocycles. The van der Waals surface area contributed by atoms with Gasteiger partial charge in [-0.3, -0.25) is 4.90 Å². The van der Waals surface area contributed by atoms with Gasteiger partial charge < -0.3 is 9.32 Å². The molecule has 1 aliphatic rings. The van der Waals surface area contributed by atoms with Crippen molar-refractivity contribution in [1.82, 2.24) is 9.80 Å². The highest BCUT2D eigenvalue weighted by atomic mass is 19.1. The third kappa shape index (κ3) is 2.33. The number of hydrogen-bond donors (Lipinski definition) is 0. The van der Waals surface area contributed by atoms with Crippen molar-refractivity contribution >= 4 is 0 Å². The Morgan fingerprint density at radius 3 is 2.57 bits per heavy atom. The maximum atomic E-state index is 12.6. The van der Waals surface area contributed by atoms with E-state index in [1.54, 1.807) is 6.07 Å². The van der Waals surface area contributed by atoms with Gasteiger partial charge in [0, 0.05) is 32.2 Å². The first-order valence-corrected chi connectivity index (χ1v) is 4.89. The van der Waals surface area contributed by atoms with E-state index >= 15 is 0 Å². The molecule has 4 heteroatoms. The van der Waals surface area contributed by atoms with E-state index in [-0.39, 0.29) is 0 Å². The van der Waals surface area contributed by atoms with Gasteiger partial charge in [0.15, 0.2) is 0 Å². The van der Waals surface area contributed by atoms with Crippen LogP contribution in [0.1, 0.15) is 5.76 Å². The van der Waals surface area contributed by atoms with E-state index in [9.17, 15) is 4.39 Å². The van der Waals surface area contributed by atoms with Gasteiger partial charge in [0.05, 0.1) is 6.54 Å². The molecule has 2 rings (SSSR count). The molecule has 0 aliphatic carbocycles. The first-order valence-electron chi connectivity index (χ1n) is 4.89. The van der Waals surface area contributed by atoms with Crippen LogP contribution in [0.4, 0.5) is 4.39 Å². The molecular weight excluding hydrogens is 183 g/mol. The summed E-state index contributed by atoms with van der Waals surface area (Å²) in [6.07, 6.45) is 0. The summed E-state index contributed by atoms with van der Waals surface area (Å²) in [5.41, 5.74) is 0. The Labute approximate surface area is 83.1 Å². The Bertz CT molecular complexity index is 292. The molecule has 0 spiro atoms. The summed E-state index contributed by atoms with van der Waals surface area (Å²) in [6, 6.07) is 2.58. The SMILES string of the molecule is CN1CCN(Cc2ccc(F)o2)CC1. The van der Waals surface area contributed by atoms with E-state index in [4.69, 9.17) is 4.42 Å². The van der Waals surface area contributed by atoms with E-state index in [0.717, 1.165) is 32.7 Å². The van der Waals surface area contributed by atoms with Crippen LogP contribution in [-0.2, 0) is 6.54 Å².